The molecule has 3 heterocycles. The first-order valence-corrected chi connectivity index (χ1v) is 9.33. The van der Waals surface area contributed by atoms with Crippen molar-refractivity contribution in [3.63, 3.8) is 0 Å². The van der Waals surface area contributed by atoms with Gasteiger partial charge >= 0.3 is 0 Å². The summed E-state index contributed by atoms with van der Waals surface area (Å²) in [6, 6.07) is 12.9. The van der Waals surface area contributed by atoms with Crippen LogP contribution >= 0.6 is 11.3 Å². The summed E-state index contributed by atoms with van der Waals surface area (Å²) in [7, 11) is 1.57. The first-order valence-electron chi connectivity index (χ1n) is 8.45. The van der Waals surface area contributed by atoms with Crippen molar-refractivity contribution in [2.75, 3.05) is 12.4 Å². The van der Waals surface area contributed by atoms with Crippen LogP contribution in [-0.2, 0) is 0 Å². The molecule has 0 atom stereocenters. The van der Waals surface area contributed by atoms with Crippen molar-refractivity contribution in [1.29, 1.82) is 0 Å². The SMILES string of the molecule is COc1ccccc1-c1noc(C)c1C(=O)Nc1nc(-c2ccccn2)cs1. The second-order valence-electron chi connectivity index (χ2n) is 5.87. The van der Waals surface area contributed by atoms with Crippen molar-refractivity contribution >= 4 is 22.4 Å². The Bertz CT molecular complexity index is 1120. The summed E-state index contributed by atoms with van der Waals surface area (Å²) in [5.41, 5.74) is 2.90. The van der Waals surface area contributed by atoms with Crippen molar-refractivity contribution < 1.29 is 14.1 Å². The maximum absolute atomic E-state index is 12.9. The molecule has 0 saturated carbocycles. The summed E-state index contributed by atoms with van der Waals surface area (Å²) >= 11 is 1.33. The van der Waals surface area contributed by atoms with Crippen LogP contribution in [0.25, 0.3) is 22.6 Å². The van der Waals surface area contributed by atoms with Crippen LogP contribution in [0.4, 0.5) is 5.13 Å². The van der Waals surface area contributed by atoms with Crippen molar-refractivity contribution in [1.82, 2.24) is 15.1 Å². The van der Waals surface area contributed by atoms with Gasteiger partial charge in [-0.1, -0.05) is 23.4 Å². The Labute approximate surface area is 165 Å². The summed E-state index contributed by atoms with van der Waals surface area (Å²) in [6.07, 6.45) is 1.70. The second kappa shape index (κ2) is 7.61. The third kappa shape index (κ3) is 3.37. The van der Waals surface area contributed by atoms with Gasteiger partial charge in [-0.05, 0) is 31.2 Å². The van der Waals surface area contributed by atoms with Crippen LogP contribution in [0.3, 0.4) is 0 Å². The van der Waals surface area contributed by atoms with Gasteiger partial charge in [0.25, 0.3) is 5.91 Å². The molecule has 3 aromatic heterocycles. The summed E-state index contributed by atoms with van der Waals surface area (Å²) in [5, 5.41) is 9.21. The van der Waals surface area contributed by atoms with Crippen LogP contribution in [-0.4, -0.2) is 28.1 Å². The van der Waals surface area contributed by atoms with Gasteiger partial charge in [0.05, 0.1) is 12.8 Å². The van der Waals surface area contributed by atoms with Gasteiger partial charge in [-0.2, -0.15) is 0 Å². The Kier molecular flexibility index (Phi) is 4.86. The van der Waals surface area contributed by atoms with E-state index in [1.165, 1.54) is 11.3 Å². The maximum Gasteiger partial charge on any atom is 0.263 e. The summed E-state index contributed by atoms with van der Waals surface area (Å²) < 4.78 is 10.7. The van der Waals surface area contributed by atoms with Crippen molar-refractivity contribution in [2.45, 2.75) is 6.92 Å². The molecule has 1 amide bonds. The van der Waals surface area contributed by atoms with E-state index in [9.17, 15) is 4.79 Å². The lowest BCUT2D eigenvalue weighted by atomic mass is 10.0. The number of hydrogen-bond donors (Lipinski definition) is 1. The fraction of sp³-hybridized carbons (Fsp3) is 0.100. The van der Waals surface area contributed by atoms with E-state index in [2.05, 4.69) is 20.4 Å². The molecule has 0 fully saturated rings. The molecule has 0 aliphatic rings. The van der Waals surface area contributed by atoms with Crippen molar-refractivity contribution in [3.8, 4) is 28.4 Å². The van der Waals surface area contributed by atoms with Gasteiger partial charge < -0.3 is 9.26 Å². The molecule has 0 unspecified atom stereocenters. The Balaban J connectivity index is 1.63. The lowest BCUT2D eigenvalue weighted by Crippen LogP contribution is -2.13. The van der Waals surface area contributed by atoms with Crippen LogP contribution in [0.2, 0.25) is 0 Å². The monoisotopic (exact) mass is 392 g/mol. The number of anilines is 1. The highest BCUT2D eigenvalue weighted by molar-refractivity contribution is 7.14. The molecule has 7 nitrogen and oxygen atoms in total. The zero-order valence-corrected chi connectivity index (χ0v) is 16.0. The molecule has 0 radical (unpaired) electrons. The molecule has 0 aliphatic carbocycles. The number of para-hydroxylation sites is 1. The Hall–Kier alpha value is -3.52. The second-order valence-corrected chi connectivity index (χ2v) is 6.73. The number of carbonyl (C=O) groups is 1. The smallest absolute Gasteiger partial charge is 0.263 e. The molecule has 1 aromatic carbocycles. The molecule has 8 heteroatoms. The standard InChI is InChI=1S/C20H16N4O3S/c1-12-17(18(24-27-12)13-7-3-4-9-16(13)26-2)19(25)23-20-22-15(11-28-20)14-8-5-6-10-21-14/h3-11H,1-2H3,(H,22,23,25). The number of aromatic nitrogens is 3. The van der Waals surface area contributed by atoms with Crippen LogP contribution in [0.5, 0.6) is 5.75 Å². The van der Waals surface area contributed by atoms with E-state index in [0.717, 1.165) is 5.69 Å². The Morgan fingerprint density at radius 2 is 1.96 bits per heavy atom. The highest BCUT2D eigenvalue weighted by Crippen LogP contribution is 2.33. The number of aryl methyl sites for hydroxylation is 1. The quantitative estimate of drug-likeness (QED) is 0.540. The van der Waals surface area contributed by atoms with Gasteiger partial charge in [0.1, 0.15) is 28.5 Å². The van der Waals surface area contributed by atoms with E-state index in [1.807, 2.05) is 41.8 Å². The van der Waals surface area contributed by atoms with Gasteiger partial charge in [-0.25, -0.2) is 4.98 Å². The average Bonchev–Trinajstić information content (AvgIpc) is 3.35. The molecule has 140 valence electrons. The number of pyridine rings is 1. The Morgan fingerprint density at radius 3 is 2.75 bits per heavy atom. The van der Waals surface area contributed by atoms with E-state index in [4.69, 9.17) is 9.26 Å². The number of nitrogens with zero attached hydrogens (tertiary/aromatic N) is 3. The summed E-state index contributed by atoms with van der Waals surface area (Å²) in [5.74, 6) is 0.679. The number of carbonyl (C=O) groups excluding carboxylic acids is 1. The molecule has 0 spiro atoms. The minimum Gasteiger partial charge on any atom is -0.496 e. The van der Waals surface area contributed by atoms with Gasteiger partial charge in [0, 0.05) is 17.1 Å². The first-order chi connectivity index (χ1) is 13.7. The highest BCUT2D eigenvalue weighted by atomic mass is 32.1. The highest BCUT2D eigenvalue weighted by Gasteiger charge is 2.24. The predicted molar refractivity (Wildman–Crippen MR) is 107 cm³/mol. The van der Waals surface area contributed by atoms with E-state index in [1.54, 1.807) is 26.3 Å². The Morgan fingerprint density at radius 1 is 1.14 bits per heavy atom. The maximum atomic E-state index is 12.9. The molecule has 4 rings (SSSR count). The lowest BCUT2D eigenvalue weighted by molar-refractivity contribution is 0.102. The first kappa shape index (κ1) is 17.9. The molecule has 28 heavy (non-hydrogen) atoms. The average molecular weight is 392 g/mol. The van der Waals surface area contributed by atoms with Crippen LogP contribution in [0.15, 0.2) is 58.6 Å². The number of amides is 1. The van der Waals surface area contributed by atoms with E-state index in [0.29, 0.717) is 39.2 Å². The van der Waals surface area contributed by atoms with Crippen LogP contribution in [0.1, 0.15) is 16.1 Å². The summed E-state index contributed by atoms with van der Waals surface area (Å²) in [4.78, 5) is 21.7. The van der Waals surface area contributed by atoms with Crippen LogP contribution < -0.4 is 10.1 Å². The largest absolute Gasteiger partial charge is 0.496 e. The normalized spacial score (nSPS) is 10.6. The molecule has 0 bridgehead atoms. The molecule has 0 saturated heterocycles. The van der Waals surface area contributed by atoms with E-state index in [-0.39, 0.29) is 5.91 Å². The van der Waals surface area contributed by atoms with E-state index < -0.39 is 0 Å². The predicted octanol–water partition coefficient (Wildman–Crippen LogP) is 4.43. The zero-order chi connectivity index (χ0) is 19.5. The number of hydrogen-bond acceptors (Lipinski definition) is 7. The molecule has 4 aromatic rings. The fourth-order valence-corrected chi connectivity index (χ4v) is 3.49. The lowest BCUT2D eigenvalue weighted by Gasteiger charge is -2.07. The minimum absolute atomic E-state index is 0.346. The minimum atomic E-state index is -0.346. The van der Waals surface area contributed by atoms with Gasteiger partial charge in [0.2, 0.25) is 0 Å². The van der Waals surface area contributed by atoms with Crippen molar-refractivity contribution in [2.24, 2.45) is 0 Å². The number of benzene rings is 1. The van der Waals surface area contributed by atoms with Gasteiger partial charge in [0.15, 0.2) is 5.13 Å². The number of nitrogens with one attached hydrogen (secondary N) is 1. The third-order valence-electron chi connectivity index (χ3n) is 4.10. The number of methoxy groups -OCH3 is 1. The third-order valence-corrected chi connectivity index (χ3v) is 4.86. The summed E-state index contributed by atoms with van der Waals surface area (Å²) in [6.45, 7) is 1.70. The topological polar surface area (TPSA) is 90.1 Å². The fourth-order valence-electron chi connectivity index (χ4n) is 2.79. The zero-order valence-electron chi connectivity index (χ0n) is 15.2. The number of thiazole rings is 1. The van der Waals surface area contributed by atoms with Crippen LogP contribution in [0, 0.1) is 6.92 Å². The van der Waals surface area contributed by atoms with Gasteiger partial charge in [-0.15, -0.1) is 11.3 Å². The molecular weight excluding hydrogens is 376 g/mol. The molecular formula is C20H16N4O3S. The number of ether oxygens (including phenoxy) is 1. The van der Waals surface area contributed by atoms with E-state index >= 15 is 0 Å². The number of rotatable bonds is 5. The molecule has 0 aliphatic heterocycles. The van der Waals surface area contributed by atoms with Gasteiger partial charge in [-0.3, -0.25) is 15.1 Å². The van der Waals surface area contributed by atoms with Crippen molar-refractivity contribution in [3.05, 3.63) is 65.4 Å². The molecule has 1 N–H and O–H groups in total.